The molecule has 23 heavy (non-hydrogen) atoms. The molecule has 0 unspecified atom stereocenters. The molecule has 5 heteroatoms. The Morgan fingerprint density at radius 1 is 1.26 bits per heavy atom. The summed E-state index contributed by atoms with van der Waals surface area (Å²) < 4.78 is 1.77. The summed E-state index contributed by atoms with van der Waals surface area (Å²) in [6.45, 7) is 2.03. The van der Waals surface area contributed by atoms with Crippen molar-refractivity contribution in [2.75, 3.05) is 5.32 Å². The number of aromatic nitrogens is 1. The van der Waals surface area contributed by atoms with Gasteiger partial charge < -0.3 is 9.88 Å². The van der Waals surface area contributed by atoms with Crippen LogP contribution in [-0.2, 0) is 11.3 Å². The third-order valence-electron chi connectivity index (χ3n) is 3.72. The first-order valence-corrected chi connectivity index (χ1v) is 7.55. The van der Waals surface area contributed by atoms with E-state index in [0.717, 1.165) is 22.8 Å². The molecule has 1 heterocycles. The van der Waals surface area contributed by atoms with E-state index in [1.165, 1.54) is 0 Å². The summed E-state index contributed by atoms with van der Waals surface area (Å²) >= 11 is 6.06. The second-order valence-electron chi connectivity index (χ2n) is 5.36. The Bertz CT molecular complexity index is 899. The monoisotopic (exact) mass is 326 g/mol. The third-order valence-corrected chi connectivity index (χ3v) is 4.12. The number of halogens is 1. The van der Waals surface area contributed by atoms with Gasteiger partial charge in [-0.05, 0) is 30.7 Å². The molecule has 4 nitrogen and oxygen atoms in total. The number of hydrogen-bond donors (Lipinski definition) is 1. The minimum atomic E-state index is -0.178. The van der Waals surface area contributed by atoms with Gasteiger partial charge in [-0.15, -0.1) is 0 Å². The number of fused-ring (bicyclic) bond motifs is 1. The predicted octanol–water partition coefficient (Wildman–Crippen LogP) is 4.05. The Labute approximate surface area is 138 Å². The second-order valence-corrected chi connectivity index (χ2v) is 5.77. The van der Waals surface area contributed by atoms with Gasteiger partial charge in [-0.1, -0.05) is 35.9 Å². The summed E-state index contributed by atoms with van der Waals surface area (Å²) in [6, 6.07) is 12.9. The topological polar surface area (TPSA) is 51.1 Å². The number of carbonyl (C=O) groups excluding carboxylic acids is 2. The Morgan fingerprint density at radius 3 is 2.78 bits per heavy atom. The number of rotatable bonds is 4. The molecular formula is C18H15ClN2O2. The van der Waals surface area contributed by atoms with E-state index in [9.17, 15) is 9.59 Å². The number of benzene rings is 2. The number of aldehydes is 1. The summed E-state index contributed by atoms with van der Waals surface area (Å²) in [5.74, 6) is -0.178. The molecule has 0 aliphatic carbocycles. The number of amides is 1. The number of hydrogen-bond acceptors (Lipinski definition) is 2. The fourth-order valence-corrected chi connectivity index (χ4v) is 2.71. The van der Waals surface area contributed by atoms with Crippen LogP contribution in [0.1, 0.15) is 15.9 Å². The van der Waals surface area contributed by atoms with Gasteiger partial charge in [0.05, 0.1) is 0 Å². The maximum Gasteiger partial charge on any atom is 0.244 e. The van der Waals surface area contributed by atoms with Crippen molar-refractivity contribution in [1.82, 2.24) is 4.57 Å². The quantitative estimate of drug-likeness (QED) is 0.735. The number of aryl methyl sites for hydroxylation is 1. The summed E-state index contributed by atoms with van der Waals surface area (Å²) in [4.78, 5) is 23.4. The molecule has 0 aliphatic rings. The van der Waals surface area contributed by atoms with Crippen molar-refractivity contribution >= 4 is 40.4 Å². The fraction of sp³-hybridized carbons (Fsp3) is 0.111. The van der Waals surface area contributed by atoms with Crippen molar-refractivity contribution in [3.8, 4) is 0 Å². The third kappa shape index (κ3) is 3.12. The van der Waals surface area contributed by atoms with Gasteiger partial charge in [0.15, 0.2) is 6.29 Å². The number of para-hydroxylation sites is 1. The Morgan fingerprint density at radius 2 is 2.04 bits per heavy atom. The molecule has 116 valence electrons. The predicted molar refractivity (Wildman–Crippen MR) is 92.1 cm³/mol. The van der Waals surface area contributed by atoms with Gasteiger partial charge in [0.25, 0.3) is 0 Å². The van der Waals surface area contributed by atoms with E-state index in [4.69, 9.17) is 11.6 Å². The molecule has 2 aromatic carbocycles. The molecule has 0 spiro atoms. The first-order valence-electron chi connectivity index (χ1n) is 7.17. The average Bonchev–Trinajstić information content (AvgIpc) is 2.89. The molecule has 0 atom stereocenters. The number of anilines is 1. The van der Waals surface area contributed by atoms with Gasteiger partial charge in [-0.2, -0.15) is 0 Å². The van der Waals surface area contributed by atoms with Crippen LogP contribution >= 0.6 is 11.6 Å². The summed E-state index contributed by atoms with van der Waals surface area (Å²) in [6.07, 6.45) is 2.50. The zero-order valence-corrected chi connectivity index (χ0v) is 13.3. The van der Waals surface area contributed by atoms with Crippen molar-refractivity contribution in [2.24, 2.45) is 0 Å². The van der Waals surface area contributed by atoms with E-state index in [-0.39, 0.29) is 12.5 Å². The van der Waals surface area contributed by atoms with Crippen LogP contribution in [0.5, 0.6) is 0 Å². The summed E-state index contributed by atoms with van der Waals surface area (Å²) in [5, 5.41) is 4.27. The van der Waals surface area contributed by atoms with E-state index >= 15 is 0 Å². The van der Waals surface area contributed by atoms with Crippen LogP contribution in [-0.4, -0.2) is 16.8 Å². The molecular weight excluding hydrogens is 312 g/mol. The van der Waals surface area contributed by atoms with Crippen LogP contribution in [0.2, 0.25) is 5.02 Å². The largest absolute Gasteiger partial charge is 0.337 e. The molecule has 0 saturated heterocycles. The molecule has 3 rings (SSSR count). The molecule has 0 saturated carbocycles. The molecule has 1 aromatic heterocycles. The standard InChI is InChI=1S/C18H15ClN2O2/c1-12-6-7-14(8-16(12)19)20-18(23)10-21-9-13(11-22)15-4-2-3-5-17(15)21/h2-9,11H,10H2,1H3,(H,20,23). The lowest BCUT2D eigenvalue weighted by Crippen LogP contribution is -2.18. The zero-order valence-electron chi connectivity index (χ0n) is 12.5. The lowest BCUT2D eigenvalue weighted by Gasteiger charge is -2.08. The molecule has 0 fully saturated rings. The van der Waals surface area contributed by atoms with Gasteiger partial charge >= 0.3 is 0 Å². The van der Waals surface area contributed by atoms with E-state index in [1.54, 1.807) is 16.8 Å². The minimum Gasteiger partial charge on any atom is -0.337 e. The van der Waals surface area contributed by atoms with Crippen LogP contribution in [0.15, 0.2) is 48.7 Å². The lowest BCUT2D eigenvalue weighted by atomic mass is 10.2. The molecule has 0 radical (unpaired) electrons. The molecule has 3 aromatic rings. The van der Waals surface area contributed by atoms with E-state index in [2.05, 4.69) is 5.32 Å². The number of nitrogens with zero attached hydrogens (tertiary/aromatic N) is 1. The van der Waals surface area contributed by atoms with Crippen LogP contribution in [0.3, 0.4) is 0 Å². The summed E-state index contributed by atoms with van der Waals surface area (Å²) in [5.41, 5.74) is 3.04. The van der Waals surface area contributed by atoms with E-state index in [0.29, 0.717) is 16.3 Å². The van der Waals surface area contributed by atoms with Crippen molar-refractivity contribution in [3.05, 3.63) is 64.8 Å². The van der Waals surface area contributed by atoms with Crippen LogP contribution in [0.25, 0.3) is 10.9 Å². The van der Waals surface area contributed by atoms with Crippen LogP contribution in [0, 0.1) is 6.92 Å². The second kappa shape index (κ2) is 6.26. The number of nitrogens with one attached hydrogen (secondary N) is 1. The maximum atomic E-state index is 12.3. The van der Waals surface area contributed by atoms with E-state index < -0.39 is 0 Å². The highest BCUT2D eigenvalue weighted by atomic mass is 35.5. The average molecular weight is 327 g/mol. The highest BCUT2D eigenvalue weighted by Crippen LogP contribution is 2.21. The highest BCUT2D eigenvalue weighted by molar-refractivity contribution is 6.31. The zero-order chi connectivity index (χ0) is 16.4. The lowest BCUT2D eigenvalue weighted by molar-refractivity contribution is -0.116. The van der Waals surface area contributed by atoms with Gasteiger partial charge in [0.1, 0.15) is 6.54 Å². The van der Waals surface area contributed by atoms with Gasteiger partial charge in [0, 0.05) is 33.4 Å². The van der Waals surface area contributed by atoms with Crippen molar-refractivity contribution < 1.29 is 9.59 Å². The van der Waals surface area contributed by atoms with Crippen molar-refractivity contribution in [2.45, 2.75) is 13.5 Å². The molecule has 1 N–H and O–H groups in total. The fourth-order valence-electron chi connectivity index (χ4n) is 2.53. The number of carbonyl (C=O) groups is 2. The minimum absolute atomic E-state index is 0.125. The Kier molecular flexibility index (Phi) is 4.17. The van der Waals surface area contributed by atoms with Gasteiger partial charge in [0.2, 0.25) is 5.91 Å². The van der Waals surface area contributed by atoms with Crippen molar-refractivity contribution in [3.63, 3.8) is 0 Å². The van der Waals surface area contributed by atoms with Crippen molar-refractivity contribution in [1.29, 1.82) is 0 Å². The highest BCUT2D eigenvalue weighted by Gasteiger charge is 2.11. The van der Waals surface area contributed by atoms with Crippen LogP contribution < -0.4 is 5.32 Å². The van der Waals surface area contributed by atoms with Gasteiger partial charge in [-0.3, -0.25) is 9.59 Å². The molecule has 0 bridgehead atoms. The Balaban J connectivity index is 1.83. The normalized spacial score (nSPS) is 10.7. The van der Waals surface area contributed by atoms with E-state index in [1.807, 2.05) is 43.3 Å². The van der Waals surface area contributed by atoms with Crippen LogP contribution in [0.4, 0.5) is 5.69 Å². The first-order chi connectivity index (χ1) is 11.1. The molecule has 0 aliphatic heterocycles. The Hall–Kier alpha value is -2.59. The maximum absolute atomic E-state index is 12.3. The smallest absolute Gasteiger partial charge is 0.244 e. The first kappa shape index (κ1) is 15.3. The SMILES string of the molecule is Cc1ccc(NC(=O)Cn2cc(C=O)c3ccccc32)cc1Cl. The van der Waals surface area contributed by atoms with Gasteiger partial charge in [-0.25, -0.2) is 0 Å². The molecule has 1 amide bonds. The summed E-state index contributed by atoms with van der Waals surface area (Å²) in [7, 11) is 0.